The molecular formula is C21H21N3O3. The third kappa shape index (κ3) is 4.89. The van der Waals surface area contributed by atoms with E-state index in [2.05, 4.69) is 15.3 Å². The van der Waals surface area contributed by atoms with Crippen LogP contribution in [0.2, 0.25) is 0 Å². The first kappa shape index (κ1) is 18.5. The fraction of sp³-hybridized carbons (Fsp3) is 0.190. The monoisotopic (exact) mass is 363 g/mol. The van der Waals surface area contributed by atoms with Gasteiger partial charge in [-0.15, -0.1) is 0 Å². The van der Waals surface area contributed by atoms with E-state index in [1.54, 1.807) is 6.07 Å². The van der Waals surface area contributed by atoms with Crippen molar-refractivity contribution in [2.75, 3.05) is 12.4 Å². The Bertz CT molecular complexity index is 883. The maximum atomic E-state index is 12.2. The molecule has 0 saturated heterocycles. The van der Waals surface area contributed by atoms with E-state index in [1.807, 2.05) is 54.6 Å². The van der Waals surface area contributed by atoms with E-state index in [9.17, 15) is 4.79 Å². The van der Waals surface area contributed by atoms with Crippen molar-refractivity contribution < 1.29 is 14.6 Å². The molecule has 0 fully saturated rings. The average Bonchev–Trinajstić information content (AvgIpc) is 2.73. The van der Waals surface area contributed by atoms with Crippen LogP contribution in [0.1, 0.15) is 11.1 Å². The molecule has 1 unspecified atom stereocenters. The number of anilines is 1. The summed E-state index contributed by atoms with van der Waals surface area (Å²) < 4.78 is 4.93. The van der Waals surface area contributed by atoms with Gasteiger partial charge in [-0.3, -0.25) is 0 Å². The van der Waals surface area contributed by atoms with E-state index in [0.717, 1.165) is 22.4 Å². The maximum Gasteiger partial charge on any atom is 0.328 e. The summed E-state index contributed by atoms with van der Waals surface area (Å²) >= 11 is 0. The highest BCUT2D eigenvalue weighted by molar-refractivity contribution is 5.79. The molecule has 1 aromatic heterocycles. The van der Waals surface area contributed by atoms with Crippen LogP contribution in [-0.4, -0.2) is 34.2 Å². The summed E-state index contributed by atoms with van der Waals surface area (Å²) in [6.07, 6.45) is 1.94. The van der Waals surface area contributed by atoms with Gasteiger partial charge in [0.25, 0.3) is 0 Å². The first-order chi connectivity index (χ1) is 13.2. The number of aliphatic hydroxyl groups excluding tert-OH is 1. The number of methoxy groups -OCH3 is 1. The average molecular weight is 363 g/mol. The lowest BCUT2D eigenvalue weighted by Crippen LogP contribution is -2.33. The second-order valence-corrected chi connectivity index (χ2v) is 6.05. The number of carbonyl (C=O) groups is 1. The molecule has 27 heavy (non-hydrogen) atoms. The van der Waals surface area contributed by atoms with Gasteiger partial charge in [0.05, 0.1) is 19.4 Å². The predicted octanol–water partition coefficient (Wildman–Crippen LogP) is 2.83. The second kappa shape index (κ2) is 8.91. The fourth-order valence-electron chi connectivity index (χ4n) is 2.74. The van der Waals surface area contributed by atoms with Crippen molar-refractivity contribution in [1.82, 2.24) is 9.97 Å². The number of nitrogens with one attached hydrogen (secondary N) is 1. The Labute approximate surface area is 157 Å². The van der Waals surface area contributed by atoms with Crippen LogP contribution in [0.3, 0.4) is 0 Å². The molecule has 0 aliphatic carbocycles. The number of hydrogen-bond donors (Lipinski definition) is 2. The normalized spacial score (nSPS) is 11.6. The van der Waals surface area contributed by atoms with Crippen molar-refractivity contribution in [2.24, 2.45) is 0 Å². The first-order valence-electron chi connectivity index (χ1n) is 8.60. The topological polar surface area (TPSA) is 84.3 Å². The number of carbonyl (C=O) groups excluding carboxylic acids is 1. The van der Waals surface area contributed by atoms with Crippen molar-refractivity contribution in [1.29, 1.82) is 0 Å². The van der Waals surface area contributed by atoms with Crippen LogP contribution in [0.15, 0.2) is 67.0 Å². The molecule has 138 valence electrons. The van der Waals surface area contributed by atoms with Gasteiger partial charge in [0.2, 0.25) is 0 Å². The molecule has 1 heterocycles. The number of benzene rings is 2. The molecule has 6 heteroatoms. The molecular weight excluding hydrogens is 342 g/mol. The summed E-state index contributed by atoms with van der Waals surface area (Å²) in [7, 11) is 1.37. The molecule has 0 bridgehead atoms. The van der Waals surface area contributed by atoms with Crippen LogP contribution in [0.5, 0.6) is 0 Å². The van der Waals surface area contributed by atoms with Gasteiger partial charge < -0.3 is 15.2 Å². The third-order valence-corrected chi connectivity index (χ3v) is 4.19. The van der Waals surface area contributed by atoms with E-state index < -0.39 is 6.04 Å². The second-order valence-electron chi connectivity index (χ2n) is 6.05. The Morgan fingerprint density at radius 3 is 2.48 bits per heavy atom. The number of hydrogen-bond acceptors (Lipinski definition) is 6. The number of nitrogens with zero attached hydrogens (tertiary/aromatic N) is 2. The fourth-order valence-corrected chi connectivity index (χ4v) is 2.74. The smallest absolute Gasteiger partial charge is 0.328 e. The number of aromatic nitrogens is 2. The van der Waals surface area contributed by atoms with Crippen LogP contribution < -0.4 is 5.32 Å². The van der Waals surface area contributed by atoms with Gasteiger partial charge in [0, 0.05) is 18.1 Å². The van der Waals surface area contributed by atoms with Gasteiger partial charge in [0.15, 0.2) is 0 Å². The Balaban J connectivity index is 1.80. The molecule has 1 atom stereocenters. The van der Waals surface area contributed by atoms with Crippen molar-refractivity contribution in [3.05, 3.63) is 78.1 Å². The highest BCUT2D eigenvalue weighted by Crippen LogP contribution is 2.20. The SMILES string of the molecule is COC(=O)C(Cc1ccccc1)Nc1cc(-c2ccc(CO)cc2)ncn1. The van der Waals surface area contributed by atoms with Gasteiger partial charge in [-0.05, 0) is 11.1 Å². The summed E-state index contributed by atoms with van der Waals surface area (Å²) in [6.45, 7) is -0.00282. The Kier molecular flexibility index (Phi) is 6.12. The van der Waals surface area contributed by atoms with E-state index in [-0.39, 0.29) is 12.6 Å². The highest BCUT2D eigenvalue weighted by atomic mass is 16.5. The number of aliphatic hydroxyl groups is 1. The van der Waals surface area contributed by atoms with Gasteiger partial charge in [-0.2, -0.15) is 0 Å². The Morgan fingerprint density at radius 1 is 1.07 bits per heavy atom. The molecule has 0 saturated carbocycles. The van der Waals surface area contributed by atoms with Crippen LogP contribution in [-0.2, 0) is 22.6 Å². The molecule has 0 spiro atoms. The summed E-state index contributed by atoms with van der Waals surface area (Å²) in [4.78, 5) is 20.7. The van der Waals surface area contributed by atoms with Crippen LogP contribution in [0.4, 0.5) is 5.82 Å². The zero-order valence-corrected chi connectivity index (χ0v) is 15.0. The number of rotatable bonds is 7. The minimum absolute atomic E-state index is 0.00282. The molecule has 0 amide bonds. The van der Waals surface area contributed by atoms with Crippen LogP contribution in [0, 0.1) is 0 Å². The van der Waals surface area contributed by atoms with Gasteiger partial charge in [0.1, 0.15) is 18.2 Å². The zero-order chi connectivity index (χ0) is 19.1. The lowest BCUT2D eigenvalue weighted by molar-refractivity contribution is -0.141. The predicted molar refractivity (Wildman–Crippen MR) is 103 cm³/mol. The number of esters is 1. The minimum Gasteiger partial charge on any atom is -0.467 e. The largest absolute Gasteiger partial charge is 0.467 e. The van der Waals surface area contributed by atoms with E-state index in [0.29, 0.717) is 12.2 Å². The van der Waals surface area contributed by atoms with Crippen LogP contribution >= 0.6 is 0 Å². The van der Waals surface area contributed by atoms with E-state index in [1.165, 1.54) is 13.4 Å². The highest BCUT2D eigenvalue weighted by Gasteiger charge is 2.20. The Morgan fingerprint density at radius 2 is 1.81 bits per heavy atom. The molecule has 3 rings (SSSR count). The summed E-state index contributed by atoms with van der Waals surface area (Å²) in [5.74, 6) is 0.184. The summed E-state index contributed by atoms with van der Waals surface area (Å²) in [6, 6.07) is 18.4. The van der Waals surface area contributed by atoms with Crippen molar-refractivity contribution in [2.45, 2.75) is 19.1 Å². The van der Waals surface area contributed by atoms with Crippen molar-refractivity contribution in [3.8, 4) is 11.3 Å². The van der Waals surface area contributed by atoms with Gasteiger partial charge in [-0.1, -0.05) is 54.6 Å². The summed E-state index contributed by atoms with van der Waals surface area (Å²) in [5, 5.41) is 12.3. The van der Waals surface area contributed by atoms with Crippen molar-refractivity contribution >= 4 is 11.8 Å². The molecule has 0 aliphatic rings. The van der Waals surface area contributed by atoms with Gasteiger partial charge in [-0.25, -0.2) is 14.8 Å². The summed E-state index contributed by atoms with van der Waals surface area (Å²) in [5.41, 5.74) is 3.48. The quantitative estimate of drug-likeness (QED) is 0.628. The Hall–Kier alpha value is -3.25. The molecule has 0 radical (unpaired) electrons. The zero-order valence-electron chi connectivity index (χ0n) is 15.0. The van der Waals surface area contributed by atoms with Gasteiger partial charge >= 0.3 is 5.97 Å². The van der Waals surface area contributed by atoms with E-state index in [4.69, 9.17) is 9.84 Å². The molecule has 3 aromatic rings. The van der Waals surface area contributed by atoms with E-state index >= 15 is 0 Å². The van der Waals surface area contributed by atoms with Crippen molar-refractivity contribution in [3.63, 3.8) is 0 Å². The lowest BCUT2D eigenvalue weighted by atomic mass is 10.1. The van der Waals surface area contributed by atoms with Crippen LogP contribution in [0.25, 0.3) is 11.3 Å². The standard InChI is InChI=1S/C21H21N3O3/c1-27-21(26)19(11-15-5-3-2-4-6-15)24-20-12-18(22-14-23-20)17-9-7-16(13-25)8-10-17/h2-10,12,14,19,25H,11,13H2,1H3,(H,22,23,24). The molecule has 2 aromatic carbocycles. The molecule has 2 N–H and O–H groups in total. The lowest BCUT2D eigenvalue weighted by Gasteiger charge is -2.17. The number of ether oxygens (including phenoxy) is 1. The molecule has 0 aliphatic heterocycles. The minimum atomic E-state index is -0.558. The molecule has 6 nitrogen and oxygen atoms in total. The maximum absolute atomic E-state index is 12.2. The first-order valence-corrected chi connectivity index (χ1v) is 8.60. The third-order valence-electron chi connectivity index (χ3n) is 4.19.